The van der Waals surface area contributed by atoms with E-state index in [0.717, 1.165) is 0 Å². The summed E-state index contributed by atoms with van der Waals surface area (Å²) in [5.41, 5.74) is 3.26. The van der Waals surface area contributed by atoms with Gasteiger partial charge in [-0.1, -0.05) is 6.07 Å². The van der Waals surface area contributed by atoms with Gasteiger partial charge >= 0.3 is 0 Å². The molecule has 0 amide bonds. The van der Waals surface area contributed by atoms with Gasteiger partial charge in [0.05, 0.1) is 23.5 Å². The smallest absolute Gasteiger partial charge is 0.293 e. The van der Waals surface area contributed by atoms with Crippen LogP contribution in [0.15, 0.2) is 33.8 Å². The van der Waals surface area contributed by atoms with Gasteiger partial charge in [-0.25, -0.2) is 4.98 Å². The number of aryl methyl sites for hydroxylation is 1. The fraction of sp³-hybridized carbons (Fsp3) is 0.167. The topological polar surface area (TPSA) is 116 Å². The summed E-state index contributed by atoms with van der Waals surface area (Å²) in [5.74, 6) is 5.23. The standard InChI is InChI=1S/C12H12BrN5O3/c1-7-11(13)12(19)17(6-15-7)5-8-2-3-9(16-14)10(4-8)18(20)21/h2-4,6,16H,5,14H2,1H3. The molecule has 0 aliphatic carbocycles. The maximum absolute atomic E-state index is 12.0. The molecule has 110 valence electrons. The van der Waals surface area contributed by atoms with Gasteiger partial charge in [0, 0.05) is 6.07 Å². The summed E-state index contributed by atoms with van der Waals surface area (Å²) in [4.78, 5) is 26.6. The van der Waals surface area contributed by atoms with Gasteiger partial charge in [-0.3, -0.25) is 25.3 Å². The van der Waals surface area contributed by atoms with Crippen molar-refractivity contribution in [1.29, 1.82) is 0 Å². The number of nitrogens with zero attached hydrogens (tertiary/aromatic N) is 3. The highest BCUT2D eigenvalue weighted by Crippen LogP contribution is 2.24. The van der Waals surface area contributed by atoms with Crippen molar-refractivity contribution in [1.82, 2.24) is 9.55 Å². The quantitative estimate of drug-likeness (QED) is 0.489. The Morgan fingerprint density at radius 3 is 2.86 bits per heavy atom. The Hall–Kier alpha value is -2.26. The fourth-order valence-electron chi connectivity index (χ4n) is 1.80. The predicted octanol–water partition coefficient (Wildman–Crippen LogP) is 1.56. The van der Waals surface area contributed by atoms with Gasteiger partial charge in [0.15, 0.2) is 0 Å². The molecule has 8 nitrogen and oxygen atoms in total. The van der Waals surface area contributed by atoms with E-state index in [-0.39, 0.29) is 23.5 Å². The van der Waals surface area contributed by atoms with Crippen LogP contribution < -0.4 is 16.8 Å². The van der Waals surface area contributed by atoms with Crippen molar-refractivity contribution in [3.8, 4) is 0 Å². The SMILES string of the molecule is Cc1ncn(Cc2ccc(NN)c([N+](=O)[O-])c2)c(=O)c1Br. The first-order valence-electron chi connectivity index (χ1n) is 5.89. The lowest BCUT2D eigenvalue weighted by Gasteiger charge is -2.08. The number of benzene rings is 1. The molecule has 0 spiro atoms. The van der Waals surface area contributed by atoms with Crippen molar-refractivity contribution in [3.05, 3.63) is 60.7 Å². The van der Waals surface area contributed by atoms with Crippen LogP contribution in [-0.2, 0) is 6.54 Å². The van der Waals surface area contributed by atoms with Gasteiger partial charge in [0.1, 0.15) is 10.2 Å². The molecule has 3 N–H and O–H groups in total. The molecule has 9 heteroatoms. The van der Waals surface area contributed by atoms with Crippen molar-refractivity contribution < 1.29 is 4.92 Å². The van der Waals surface area contributed by atoms with Crippen LogP contribution in [-0.4, -0.2) is 14.5 Å². The van der Waals surface area contributed by atoms with Crippen LogP contribution in [0.3, 0.4) is 0 Å². The van der Waals surface area contributed by atoms with Gasteiger partial charge in [-0.05, 0) is 34.5 Å². The lowest BCUT2D eigenvalue weighted by molar-refractivity contribution is -0.384. The molecule has 2 rings (SSSR count). The molecule has 2 aromatic rings. The van der Waals surface area contributed by atoms with Crippen LogP contribution in [0.25, 0.3) is 0 Å². The summed E-state index contributed by atoms with van der Waals surface area (Å²) in [6.45, 7) is 1.89. The second-order valence-electron chi connectivity index (χ2n) is 4.33. The Kier molecular flexibility index (Phi) is 4.34. The van der Waals surface area contributed by atoms with Crippen LogP contribution in [0.2, 0.25) is 0 Å². The largest absolute Gasteiger partial charge is 0.318 e. The molecule has 0 atom stereocenters. The maximum atomic E-state index is 12.0. The van der Waals surface area contributed by atoms with Crippen LogP contribution in [0, 0.1) is 17.0 Å². The molecule has 1 aromatic carbocycles. The second kappa shape index (κ2) is 6.02. The van der Waals surface area contributed by atoms with E-state index >= 15 is 0 Å². The van der Waals surface area contributed by atoms with E-state index in [1.54, 1.807) is 13.0 Å². The second-order valence-corrected chi connectivity index (χ2v) is 5.12. The summed E-state index contributed by atoms with van der Waals surface area (Å²) >= 11 is 3.17. The summed E-state index contributed by atoms with van der Waals surface area (Å²) in [7, 11) is 0. The normalized spacial score (nSPS) is 10.4. The van der Waals surface area contributed by atoms with Crippen LogP contribution in [0.5, 0.6) is 0 Å². The minimum Gasteiger partial charge on any atom is -0.318 e. The molecule has 0 aliphatic heterocycles. The Morgan fingerprint density at radius 2 is 2.24 bits per heavy atom. The Bertz CT molecular complexity index is 759. The summed E-state index contributed by atoms with van der Waals surface area (Å²) in [5, 5.41) is 11.0. The van der Waals surface area contributed by atoms with E-state index in [9.17, 15) is 14.9 Å². The maximum Gasteiger partial charge on any atom is 0.293 e. The number of rotatable bonds is 4. The van der Waals surface area contributed by atoms with E-state index in [0.29, 0.717) is 15.7 Å². The summed E-state index contributed by atoms with van der Waals surface area (Å²) < 4.78 is 1.74. The number of nitrogen functional groups attached to an aromatic ring is 1. The third kappa shape index (κ3) is 3.09. The van der Waals surface area contributed by atoms with Crippen molar-refractivity contribution in [2.24, 2.45) is 5.84 Å². The molecule has 21 heavy (non-hydrogen) atoms. The van der Waals surface area contributed by atoms with Crippen molar-refractivity contribution >= 4 is 27.3 Å². The first kappa shape index (κ1) is 15.1. The molecular formula is C12H12BrN5O3. The lowest BCUT2D eigenvalue weighted by atomic mass is 10.1. The van der Waals surface area contributed by atoms with Crippen LogP contribution in [0.4, 0.5) is 11.4 Å². The van der Waals surface area contributed by atoms with Gasteiger partial charge in [0.25, 0.3) is 11.2 Å². The highest BCUT2D eigenvalue weighted by molar-refractivity contribution is 9.10. The zero-order chi connectivity index (χ0) is 15.6. The monoisotopic (exact) mass is 353 g/mol. The molecule has 0 radical (unpaired) electrons. The third-order valence-corrected chi connectivity index (χ3v) is 3.84. The van der Waals surface area contributed by atoms with E-state index < -0.39 is 4.92 Å². The number of anilines is 1. The Labute approximate surface area is 127 Å². The average molecular weight is 354 g/mol. The van der Waals surface area contributed by atoms with Crippen molar-refractivity contribution in [2.45, 2.75) is 13.5 Å². The number of halogens is 1. The van der Waals surface area contributed by atoms with E-state index in [1.165, 1.54) is 23.0 Å². The molecular weight excluding hydrogens is 342 g/mol. The molecule has 0 saturated heterocycles. The molecule has 0 saturated carbocycles. The summed E-state index contributed by atoms with van der Waals surface area (Å²) in [6.07, 6.45) is 1.41. The predicted molar refractivity (Wildman–Crippen MR) is 80.9 cm³/mol. The van der Waals surface area contributed by atoms with Gasteiger partial charge in [0.2, 0.25) is 0 Å². The van der Waals surface area contributed by atoms with Gasteiger partial charge in [-0.2, -0.15) is 0 Å². The molecule has 0 bridgehead atoms. The zero-order valence-electron chi connectivity index (χ0n) is 11.0. The summed E-state index contributed by atoms with van der Waals surface area (Å²) in [6, 6.07) is 4.52. The minimum atomic E-state index is -0.537. The lowest BCUT2D eigenvalue weighted by Crippen LogP contribution is -2.22. The Morgan fingerprint density at radius 1 is 1.52 bits per heavy atom. The minimum absolute atomic E-state index is 0.151. The van der Waals surface area contributed by atoms with Crippen molar-refractivity contribution in [3.63, 3.8) is 0 Å². The van der Waals surface area contributed by atoms with Gasteiger partial charge < -0.3 is 5.43 Å². The van der Waals surface area contributed by atoms with E-state index in [2.05, 4.69) is 26.3 Å². The number of nitro benzene ring substituents is 1. The van der Waals surface area contributed by atoms with Crippen LogP contribution >= 0.6 is 15.9 Å². The molecule has 0 unspecified atom stereocenters. The molecule has 1 heterocycles. The number of hydrogen-bond acceptors (Lipinski definition) is 6. The fourth-order valence-corrected chi connectivity index (χ4v) is 2.13. The number of nitrogens with one attached hydrogen (secondary N) is 1. The highest BCUT2D eigenvalue weighted by atomic mass is 79.9. The van der Waals surface area contributed by atoms with E-state index in [4.69, 9.17) is 5.84 Å². The van der Waals surface area contributed by atoms with E-state index in [1.807, 2.05) is 0 Å². The zero-order valence-corrected chi connectivity index (χ0v) is 12.6. The molecule has 0 fully saturated rings. The van der Waals surface area contributed by atoms with Gasteiger partial charge in [-0.15, -0.1) is 0 Å². The number of aromatic nitrogens is 2. The van der Waals surface area contributed by atoms with Crippen molar-refractivity contribution in [2.75, 3.05) is 5.43 Å². The average Bonchev–Trinajstić information content (AvgIpc) is 2.47. The number of nitro groups is 1. The first-order chi connectivity index (χ1) is 9.93. The number of hydrogen-bond donors (Lipinski definition) is 2. The number of nitrogens with two attached hydrogens (primary N) is 1. The molecule has 1 aromatic heterocycles. The number of hydrazine groups is 1. The molecule has 0 aliphatic rings. The first-order valence-corrected chi connectivity index (χ1v) is 6.68. The highest BCUT2D eigenvalue weighted by Gasteiger charge is 2.14. The van der Waals surface area contributed by atoms with Crippen LogP contribution in [0.1, 0.15) is 11.3 Å². The third-order valence-electron chi connectivity index (χ3n) is 2.92. The Balaban J connectivity index is 2.41.